The smallest absolute Gasteiger partial charge is 0.254 e. The molecule has 0 bridgehead atoms. The van der Waals surface area contributed by atoms with Crippen molar-refractivity contribution in [2.45, 2.75) is 52.0 Å². The van der Waals surface area contributed by atoms with Crippen molar-refractivity contribution in [1.29, 1.82) is 0 Å². The zero-order valence-corrected chi connectivity index (χ0v) is 15.5. The molecule has 25 heavy (non-hydrogen) atoms. The minimum atomic E-state index is -0.309. The molecule has 2 heterocycles. The Morgan fingerprint density at radius 2 is 2.04 bits per heavy atom. The lowest BCUT2D eigenvalue weighted by Crippen LogP contribution is -2.44. The largest absolute Gasteiger partial charge is 0.469 e. The second-order valence-electron chi connectivity index (χ2n) is 7.56. The number of amides is 1. The van der Waals surface area contributed by atoms with Gasteiger partial charge in [-0.3, -0.25) is 4.79 Å². The maximum absolute atomic E-state index is 12.8. The van der Waals surface area contributed by atoms with Crippen molar-refractivity contribution in [3.8, 4) is 0 Å². The predicted octanol–water partition coefficient (Wildman–Crippen LogP) is 3.64. The van der Waals surface area contributed by atoms with Gasteiger partial charge in [0.15, 0.2) is 0 Å². The van der Waals surface area contributed by atoms with Crippen molar-refractivity contribution in [2.75, 3.05) is 13.1 Å². The average molecular weight is 340 g/mol. The number of carbonyl (C=O) groups excluding carboxylic acids is 1. The molecular weight excluding hydrogens is 312 g/mol. The highest BCUT2D eigenvalue weighted by molar-refractivity contribution is 5.97. The topological polar surface area (TPSA) is 59.5 Å². The van der Waals surface area contributed by atoms with Crippen molar-refractivity contribution >= 4 is 5.91 Å². The Labute approximate surface area is 150 Å². The van der Waals surface area contributed by atoms with Crippen molar-refractivity contribution in [3.63, 3.8) is 0 Å². The van der Waals surface area contributed by atoms with Crippen molar-refractivity contribution in [3.05, 3.63) is 58.5 Å². The summed E-state index contributed by atoms with van der Waals surface area (Å²) in [6.07, 6.45) is 5.09. The van der Waals surface area contributed by atoms with Crippen LogP contribution in [-0.4, -0.2) is 29.4 Å². The van der Waals surface area contributed by atoms with Crippen LogP contribution >= 0.6 is 0 Å². The summed E-state index contributed by atoms with van der Waals surface area (Å²) in [6.45, 7) is 7.76. The van der Waals surface area contributed by atoms with Gasteiger partial charge in [-0.2, -0.15) is 0 Å². The normalized spacial score (nSPS) is 16.6. The molecule has 0 aliphatic carbocycles. The van der Waals surface area contributed by atoms with E-state index < -0.39 is 0 Å². The van der Waals surface area contributed by atoms with Gasteiger partial charge in [-0.15, -0.1) is 0 Å². The molecule has 0 spiro atoms. The standard InChI is InChI=1S/C21H28N2O2/c1-15-6-7-19-18(16(15)2)9-12-23(20(19)24)13-11-21(3,22)10-8-17-5-4-14-25-17/h4-7,14H,8-13,22H2,1-3H3. The van der Waals surface area contributed by atoms with E-state index in [0.29, 0.717) is 6.54 Å². The van der Waals surface area contributed by atoms with Crippen LogP contribution in [0.2, 0.25) is 0 Å². The fourth-order valence-electron chi connectivity index (χ4n) is 3.51. The molecule has 4 nitrogen and oxygen atoms in total. The molecule has 1 unspecified atom stereocenters. The Bertz CT molecular complexity index is 748. The van der Waals surface area contributed by atoms with Crippen LogP contribution < -0.4 is 5.73 Å². The van der Waals surface area contributed by atoms with Gasteiger partial charge in [0.2, 0.25) is 0 Å². The minimum Gasteiger partial charge on any atom is -0.469 e. The zero-order valence-electron chi connectivity index (χ0n) is 15.5. The molecule has 0 fully saturated rings. The van der Waals surface area contributed by atoms with Crippen molar-refractivity contribution in [1.82, 2.24) is 4.90 Å². The first-order valence-electron chi connectivity index (χ1n) is 9.07. The Kier molecular flexibility index (Phi) is 5.00. The number of benzene rings is 1. The number of nitrogens with two attached hydrogens (primary N) is 1. The highest BCUT2D eigenvalue weighted by Crippen LogP contribution is 2.25. The molecular formula is C21H28N2O2. The molecule has 2 aromatic rings. The molecule has 0 radical (unpaired) electrons. The number of furan rings is 1. The van der Waals surface area contributed by atoms with Gasteiger partial charge < -0.3 is 15.1 Å². The van der Waals surface area contributed by atoms with E-state index in [1.54, 1.807) is 6.26 Å². The molecule has 1 aromatic heterocycles. The number of hydrogen-bond acceptors (Lipinski definition) is 3. The van der Waals surface area contributed by atoms with E-state index >= 15 is 0 Å². The number of aryl methyl sites for hydroxylation is 2. The Hall–Kier alpha value is -2.07. The summed E-state index contributed by atoms with van der Waals surface area (Å²) in [7, 11) is 0. The molecule has 2 N–H and O–H groups in total. The quantitative estimate of drug-likeness (QED) is 0.873. The van der Waals surface area contributed by atoms with E-state index in [9.17, 15) is 4.79 Å². The summed E-state index contributed by atoms with van der Waals surface area (Å²) < 4.78 is 5.38. The van der Waals surface area contributed by atoms with Crippen LogP contribution in [0.25, 0.3) is 0 Å². The van der Waals surface area contributed by atoms with Crippen molar-refractivity contribution < 1.29 is 9.21 Å². The number of rotatable bonds is 6. The summed E-state index contributed by atoms with van der Waals surface area (Å²) in [6, 6.07) is 7.90. The molecule has 3 rings (SSSR count). The van der Waals surface area contributed by atoms with Gasteiger partial charge >= 0.3 is 0 Å². The molecule has 0 saturated carbocycles. The van der Waals surface area contributed by atoms with Crippen LogP contribution in [0.3, 0.4) is 0 Å². The first-order chi connectivity index (χ1) is 11.9. The summed E-state index contributed by atoms with van der Waals surface area (Å²) >= 11 is 0. The van der Waals surface area contributed by atoms with E-state index in [1.165, 1.54) is 16.7 Å². The van der Waals surface area contributed by atoms with Crippen molar-refractivity contribution in [2.24, 2.45) is 5.73 Å². The average Bonchev–Trinajstić information content (AvgIpc) is 3.10. The lowest BCUT2D eigenvalue weighted by atomic mass is 9.89. The van der Waals surface area contributed by atoms with Gasteiger partial charge in [0.05, 0.1) is 6.26 Å². The molecule has 1 aromatic carbocycles. The number of carbonyl (C=O) groups is 1. The van der Waals surface area contributed by atoms with Crippen LogP contribution in [0.15, 0.2) is 34.9 Å². The van der Waals surface area contributed by atoms with Gasteiger partial charge in [0, 0.05) is 30.6 Å². The van der Waals surface area contributed by atoms with Gasteiger partial charge in [0.1, 0.15) is 5.76 Å². The zero-order chi connectivity index (χ0) is 18.0. The highest BCUT2D eigenvalue weighted by atomic mass is 16.3. The maximum atomic E-state index is 12.8. The Morgan fingerprint density at radius 3 is 2.76 bits per heavy atom. The van der Waals surface area contributed by atoms with Gasteiger partial charge in [0.25, 0.3) is 5.91 Å². The molecule has 4 heteroatoms. The Balaban J connectivity index is 1.60. The predicted molar refractivity (Wildman–Crippen MR) is 99.8 cm³/mol. The number of hydrogen-bond donors (Lipinski definition) is 1. The third-order valence-electron chi connectivity index (χ3n) is 5.49. The van der Waals surface area contributed by atoms with Crippen LogP contribution in [0.4, 0.5) is 0 Å². The minimum absolute atomic E-state index is 0.145. The molecule has 0 saturated heterocycles. The van der Waals surface area contributed by atoms with Crippen LogP contribution in [-0.2, 0) is 12.8 Å². The van der Waals surface area contributed by atoms with Gasteiger partial charge in [-0.1, -0.05) is 6.07 Å². The first-order valence-corrected chi connectivity index (χ1v) is 9.07. The fraction of sp³-hybridized carbons (Fsp3) is 0.476. The van der Waals surface area contributed by atoms with E-state index in [1.807, 2.05) is 29.2 Å². The first kappa shape index (κ1) is 17.7. The fourth-order valence-corrected chi connectivity index (χ4v) is 3.51. The summed E-state index contributed by atoms with van der Waals surface area (Å²) in [5.74, 6) is 1.11. The summed E-state index contributed by atoms with van der Waals surface area (Å²) in [5, 5.41) is 0. The number of nitrogens with zero attached hydrogens (tertiary/aromatic N) is 1. The van der Waals surface area contributed by atoms with Gasteiger partial charge in [-0.25, -0.2) is 0 Å². The molecule has 1 atom stereocenters. The van der Waals surface area contributed by atoms with E-state index in [2.05, 4.69) is 20.8 Å². The molecule has 1 aliphatic heterocycles. The summed E-state index contributed by atoms with van der Waals surface area (Å²) in [5.41, 5.74) is 10.7. The monoisotopic (exact) mass is 340 g/mol. The molecule has 1 amide bonds. The lowest BCUT2D eigenvalue weighted by Gasteiger charge is -2.33. The summed E-state index contributed by atoms with van der Waals surface area (Å²) in [4.78, 5) is 14.8. The molecule has 134 valence electrons. The van der Waals surface area contributed by atoms with E-state index in [0.717, 1.165) is 43.6 Å². The van der Waals surface area contributed by atoms with E-state index in [-0.39, 0.29) is 11.4 Å². The van der Waals surface area contributed by atoms with Crippen LogP contribution in [0, 0.1) is 13.8 Å². The third-order valence-corrected chi connectivity index (χ3v) is 5.49. The Morgan fingerprint density at radius 1 is 1.24 bits per heavy atom. The molecule has 1 aliphatic rings. The number of fused-ring (bicyclic) bond motifs is 1. The second-order valence-corrected chi connectivity index (χ2v) is 7.56. The van der Waals surface area contributed by atoms with Crippen LogP contribution in [0.5, 0.6) is 0 Å². The maximum Gasteiger partial charge on any atom is 0.254 e. The van der Waals surface area contributed by atoms with E-state index in [4.69, 9.17) is 10.2 Å². The lowest BCUT2D eigenvalue weighted by molar-refractivity contribution is 0.0726. The highest BCUT2D eigenvalue weighted by Gasteiger charge is 2.28. The van der Waals surface area contributed by atoms with Gasteiger partial charge in [-0.05, 0) is 74.9 Å². The second kappa shape index (κ2) is 7.04. The SMILES string of the molecule is Cc1ccc2c(c1C)CCN(CCC(C)(N)CCc1ccco1)C2=O. The third kappa shape index (κ3) is 3.96. The van der Waals surface area contributed by atoms with Crippen LogP contribution in [0.1, 0.15) is 52.6 Å².